The van der Waals surface area contributed by atoms with Crippen molar-refractivity contribution in [1.82, 2.24) is 10.9 Å². The minimum atomic E-state index is -0.641. The highest BCUT2D eigenvalue weighted by atomic mass is 19.1. The maximum Gasteiger partial charge on any atom is 0.269 e. The van der Waals surface area contributed by atoms with E-state index in [4.69, 9.17) is 14.2 Å². The second kappa shape index (κ2) is 10.3. The largest absolute Gasteiger partial charge is 0.490 e. The van der Waals surface area contributed by atoms with Gasteiger partial charge in [-0.15, -0.1) is 0 Å². The highest BCUT2D eigenvalue weighted by Crippen LogP contribution is 2.39. The number of hydrogen-bond acceptors (Lipinski definition) is 5. The van der Waals surface area contributed by atoms with Gasteiger partial charge in [0.25, 0.3) is 11.8 Å². The van der Waals surface area contributed by atoms with Crippen LogP contribution < -0.4 is 25.1 Å². The van der Waals surface area contributed by atoms with Gasteiger partial charge in [-0.25, -0.2) is 4.39 Å². The Kier molecular flexibility index (Phi) is 7.82. The second-order valence-corrected chi connectivity index (χ2v) is 5.97. The number of benzene rings is 2. The van der Waals surface area contributed by atoms with E-state index in [9.17, 15) is 14.0 Å². The molecule has 2 amide bonds. The Hall–Kier alpha value is -3.29. The molecular weight excluding hydrogens is 379 g/mol. The zero-order chi connectivity index (χ0) is 21.4. The molecule has 29 heavy (non-hydrogen) atoms. The molecule has 0 bridgehead atoms. The first-order valence-corrected chi connectivity index (χ1v) is 9.34. The molecule has 2 rings (SSSR count). The van der Waals surface area contributed by atoms with E-state index in [1.54, 1.807) is 6.92 Å². The molecule has 8 heteroatoms. The van der Waals surface area contributed by atoms with E-state index in [2.05, 4.69) is 10.9 Å². The third-order valence-corrected chi connectivity index (χ3v) is 3.89. The van der Waals surface area contributed by atoms with Crippen molar-refractivity contribution >= 4 is 11.8 Å². The van der Waals surface area contributed by atoms with Gasteiger partial charge in [0.15, 0.2) is 11.5 Å². The quantitative estimate of drug-likeness (QED) is 0.659. The molecule has 0 spiro atoms. The zero-order valence-electron chi connectivity index (χ0n) is 16.9. The second-order valence-electron chi connectivity index (χ2n) is 5.97. The van der Waals surface area contributed by atoms with Crippen molar-refractivity contribution in [2.24, 2.45) is 0 Å². The van der Waals surface area contributed by atoms with E-state index < -0.39 is 17.6 Å². The maximum atomic E-state index is 13.6. The fraction of sp³-hybridized carbons (Fsp3) is 0.333. The van der Waals surface area contributed by atoms with Crippen LogP contribution in [0.5, 0.6) is 17.2 Å². The first-order valence-electron chi connectivity index (χ1n) is 9.34. The van der Waals surface area contributed by atoms with Gasteiger partial charge >= 0.3 is 0 Å². The lowest BCUT2D eigenvalue weighted by molar-refractivity contribution is 0.0846. The predicted molar refractivity (Wildman–Crippen MR) is 106 cm³/mol. The summed E-state index contributed by atoms with van der Waals surface area (Å²) in [6, 6.07) is 7.07. The lowest BCUT2D eigenvalue weighted by atomic mass is 10.1. The first-order chi connectivity index (χ1) is 13.9. The molecule has 0 atom stereocenters. The minimum absolute atomic E-state index is 0.0881. The van der Waals surface area contributed by atoms with Crippen molar-refractivity contribution in [3.8, 4) is 17.2 Å². The van der Waals surface area contributed by atoms with Crippen molar-refractivity contribution in [2.75, 3.05) is 19.8 Å². The van der Waals surface area contributed by atoms with Gasteiger partial charge < -0.3 is 14.2 Å². The number of halogens is 1. The van der Waals surface area contributed by atoms with Gasteiger partial charge in [0.05, 0.1) is 19.8 Å². The number of hydrogen-bond donors (Lipinski definition) is 2. The molecule has 7 nitrogen and oxygen atoms in total. The molecule has 156 valence electrons. The summed E-state index contributed by atoms with van der Waals surface area (Å²) in [5, 5.41) is 0. The number of ether oxygens (including phenoxy) is 3. The average molecular weight is 404 g/mol. The highest BCUT2D eigenvalue weighted by Gasteiger charge is 2.19. The van der Waals surface area contributed by atoms with E-state index in [0.717, 1.165) is 6.07 Å². The molecule has 2 N–H and O–H groups in total. The van der Waals surface area contributed by atoms with Crippen molar-refractivity contribution in [1.29, 1.82) is 0 Å². The molecular formula is C21H25FN2O5. The maximum absolute atomic E-state index is 13.6. The van der Waals surface area contributed by atoms with Crippen molar-refractivity contribution in [2.45, 2.75) is 27.7 Å². The lowest BCUT2D eigenvalue weighted by Crippen LogP contribution is -2.41. The third-order valence-electron chi connectivity index (χ3n) is 3.89. The van der Waals surface area contributed by atoms with Crippen LogP contribution in [0.2, 0.25) is 0 Å². The lowest BCUT2D eigenvalue weighted by Gasteiger charge is -2.17. The van der Waals surface area contributed by atoms with Crippen LogP contribution in [0.1, 0.15) is 47.1 Å². The van der Waals surface area contributed by atoms with Crippen molar-refractivity contribution in [3.63, 3.8) is 0 Å². The summed E-state index contributed by atoms with van der Waals surface area (Å²) in [6.07, 6.45) is 0. The molecule has 0 fully saturated rings. The predicted octanol–water partition coefficient (Wildman–Crippen LogP) is 3.41. The summed E-state index contributed by atoms with van der Waals surface area (Å²) < 4.78 is 30.4. The molecule has 2 aromatic rings. The Morgan fingerprint density at radius 1 is 0.828 bits per heavy atom. The topological polar surface area (TPSA) is 85.9 Å². The van der Waals surface area contributed by atoms with Crippen LogP contribution in [0.25, 0.3) is 0 Å². The molecule has 0 heterocycles. The zero-order valence-corrected chi connectivity index (χ0v) is 16.9. The van der Waals surface area contributed by atoms with Gasteiger partial charge in [-0.2, -0.15) is 0 Å². The SMILES string of the molecule is CCOc1cc(C(=O)NNC(=O)c2ccc(C)c(F)c2)cc(OCC)c1OCC. The fourth-order valence-corrected chi connectivity index (χ4v) is 2.51. The number of nitrogens with one attached hydrogen (secondary N) is 2. The molecule has 0 saturated carbocycles. The normalized spacial score (nSPS) is 10.2. The molecule has 2 aromatic carbocycles. The first kappa shape index (κ1) is 22.0. The van der Waals surface area contributed by atoms with Crippen molar-refractivity contribution < 1.29 is 28.2 Å². The van der Waals surface area contributed by atoms with Crippen LogP contribution in [-0.2, 0) is 0 Å². The number of hydrazine groups is 1. The van der Waals surface area contributed by atoms with Crippen LogP contribution in [0.4, 0.5) is 4.39 Å². The highest BCUT2D eigenvalue weighted by molar-refractivity contribution is 5.99. The number of aryl methyl sites for hydroxylation is 1. The van der Waals surface area contributed by atoms with E-state index in [1.807, 2.05) is 20.8 Å². The van der Waals surface area contributed by atoms with Gasteiger partial charge in [-0.3, -0.25) is 20.4 Å². The number of rotatable bonds is 8. The number of amides is 2. The van der Waals surface area contributed by atoms with E-state index in [1.165, 1.54) is 24.3 Å². The molecule has 0 radical (unpaired) electrons. The van der Waals surface area contributed by atoms with Gasteiger partial charge in [0.1, 0.15) is 5.82 Å². The summed E-state index contributed by atoms with van der Waals surface area (Å²) >= 11 is 0. The van der Waals surface area contributed by atoms with E-state index in [0.29, 0.717) is 42.6 Å². The van der Waals surface area contributed by atoms with Crippen LogP contribution >= 0.6 is 0 Å². The van der Waals surface area contributed by atoms with E-state index >= 15 is 0 Å². The van der Waals surface area contributed by atoms with Crippen LogP contribution in [0.3, 0.4) is 0 Å². The third kappa shape index (κ3) is 5.60. The molecule has 0 saturated heterocycles. The fourth-order valence-electron chi connectivity index (χ4n) is 2.51. The summed E-state index contributed by atoms with van der Waals surface area (Å²) in [7, 11) is 0. The number of carbonyl (C=O) groups excluding carboxylic acids is 2. The van der Waals surface area contributed by atoms with Gasteiger partial charge in [-0.1, -0.05) is 6.07 Å². The van der Waals surface area contributed by atoms with Crippen molar-refractivity contribution in [3.05, 3.63) is 52.8 Å². The van der Waals surface area contributed by atoms with Gasteiger partial charge in [0.2, 0.25) is 5.75 Å². The Balaban J connectivity index is 2.20. The summed E-state index contributed by atoms with van der Waals surface area (Å²) in [4.78, 5) is 24.7. The van der Waals surface area contributed by atoms with Gasteiger partial charge in [0, 0.05) is 11.1 Å². The molecule has 0 aliphatic rings. The molecule has 0 aliphatic carbocycles. The summed E-state index contributed by atoms with van der Waals surface area (Å²) in [5.41, 5.74) is 5.29. The molecule has 0 aromatic heterocycles. The summed E-state index contributed by atoms with van der Waals surface area (Å²) in [6.45, 7) is 8.17. The summed E-state index contributed by atoms with van der Waals surface area (Å²) in [5.74, 6) is -0.603. The smallest absolute Gasteiger partial charge is 0.269 e. The number of carbonyl (C=O) groups is 2. The molecule has 0 unspecified atom stereocenters. The Bertz CT molecular complexity index is 858. The van der Waals surface area contributed by atoms with Crippen LogP contribution in [0, 0.1) is 12.7 Å². The standard InChI is InChI=1S/C21H25FN2O5/c1-5-27-17-11-15(12-18(28-6-2)19(17)29-7-3)21(26)24-23-20(25)14-9-8-13(4)16(22)10-14/h8-12H,5-7H2,1-4H3,(H,23,25)(H,24,26). The molecule has 0 aliphatic heterocycles. The average Bonchev–Trinajstić information content (AvgIpc) is 2.70. The van der Waals surface area contributed by atoms with E-state index in [-0.39, 0.29) is 11.1 Å². The van der Waals surface area contributed by atoms with Gasteiger partial charge in [-0.05, 0) is 57.5 Å². The van der Waals surface area contributed by atoms with Crippen LogP contribution in [0.15, 0.2) is 30.3 Å². The Morgan fingerprint density at radius 2 is 1.34 bits per heavy atom. The monoisotopic (exact) mass is 404 g/mol. The minimum Gasteiger partial charge on any atom is -0.490 e. The van der Waals surface area contributed by atoms with Crippen LogP contribution in [-0.4, -0.2) is 31.6 Å². The Labute approximate surface area is 169 Å². The Morgan fingerprint density at radius 3 is 1.83 bits per heavy atom.